The minimum Gasteiger partial charge on any atom is -0.368 e. The third kappa shape index (κ3) is 3.29. The lowest BCUT2D eigenvalue weighted by molar-refractivity contribution is 0.589. The average molecular weight is 345 g/mol. The van der Waals surface area contributed by atoms with Crippen LogP contribution in [0, 0.1) is 0 Å². The molecule has 0 amide bonds. The minimum absolute atomic E-state index is 0.0908. The van der Waals surface area contributed by atoms with Crippen LogP contribution in [0.2, 0.25) is 1.41 Å². The molecular weight excluding hydrogens is 308 g/mol. The summed E-state index contributed by atoms with van der Waals surface area (Å²) in [6.07, 6.45) is -4.91. The van der Waals surface area contributed by atoms with Crippen LogP contribution in [0.4, 0.5) is 5.69 Å². The van der Waals surface area contributed by atoms with Gasteiger partial charge in [-0.1, -0.05) is 24.3 Å². The summed E-state index contributed by atoms with van der Waals surface area (Å²) in [6, 6.07) is 10.2. The van der Waals surface area contributed by atoms with Gasteiger partial charge in [0.1, 0.15) is 1.41 Å². The van der Waals surface area contributed by atoms with Gasteiger partial charge in [-0.25, -0.2) is 0 Å². The zero-order chi connectivity index (χ0) is 27.5. The molecule has 2 nitrogen and oxygen atoms in total. The van der Waals surface area contributed by atoms with Gasteiger partial charge in [0.25, 0.3) is 0 Å². The number of piperazine rings is 1. The molecule has 1 N–H and O–H groups in total. The van der Waals surface area contributed by atoms with Gasteiger partial charge in [0.2, 0.25) is 0 Å². The Labute approximate surface area is 161 Å². The van der Waals surface area contributed by atoms with Crippen LogP contribution in [0.1, 0.15) is 17.8 Å². The highest BCUT2D eigenvalue weighted by atomic mass is 32.2. The first-order chi connectivity index (χ1) is 16.2. The van der Waals surface area contributed by atoms with Gasteiger partial charge in [-0.05, 0) is 36.1 Å². The Morgan fingerprint density at radius 1 is 1.14 bits per heavy atom. The van der Waals surface area contributed by atoms with Crippen LogP contribution < -0.4 is 10.2 Å². The summed E-state index contributed by atoms with van der Waals surface area (Å²) >= 11 is 1.03. The van der Waals surface area contributed by atoms with E-state index in [0.29, 0.717) is 28.4 Å². The van der Waals surface area contributed by atoms with Crippen molar-refractivity contribution in [2.75, 3.05) is 43.3 Å². The van der Waals surface area contributed by atoms with Gasteiger partial charge in [0, 0.05) is 60.8 Å². The standard InChI is InChI=1S/C18H22N2S2/c1-21-14-7-8-16(18(13-14)22-2)15-5-3-4-6-17(15)20-11-9-19-10-12-20/h3-8,13,19H,9-12H2,1-2H3/i1D3,2D3,9D2,10D2,11D,12D2/hD. The van der Waals surface area contributed by atoms with Crippen LogP contribution in [0.15, 0.2) is 52.3 Å². The van der Waals surface area contributed by atoms with Crippen molar-refractivity contribution in [3.8, 4) is 11.1 Å². The summed E-state index contributed by atoms with van der Waals surface area (Å²) < 4.78 is 111. The van der Waals surface area contributed by atoms with E-state index in [-0.39, 0.29) is 31.9 Å². The first-order valence-corrected chi connectivity index (χ1v) is 7.96. The molecule has 1 saturated heterocycles. The maximum absolute atomic E-state index is 8.46. The lowest BCUT2D eigenvalue weighted by atomic mass is 10.0. The molecule has 1 atom stereocenters. The van der Waals surface area contributed by atoms with Crippen molar-refractivity contribution < 1.29 is 19.2 Å². The molecule has 1 fully saturated rings. The molecule has 1 unspecified atom stereocenters. The van der Waals surface area contributed by atoms with Gasteiger partial charge < -0.3 is 10.2 Å². The van der Waals surface area contributed by atoms with Gasteiger partial charge in [0.15, 0.2) is 0 Å². The van der Waals surface area contributed by atoms with Crippen LogP contribution in [-0.2, 0) is 0 Å². The third-order valence-corrected chi connectivity index (χ3v) is 4.16. The number of nitrogens with one attached hydrogen (secondary N) is 1. The lowest BCUT2D eigenvalue weighted by Crippen LogP contribution is -2.43. The molecule has 1 aliphatic rings. The van der Waals surface area contributed by atoms with E-state index >= 15 is 0 Å². The van der Waals surface area contributed by atoms with Gasteiger partial charge in [0.05, 0.1) is 4.11 Å². The van der Waals surface area contributed by atoms with Gasteiger partial charge in [-0.15, -0.1) is 23.5 Å². The maximum atomic E-state index is 8.46. The monoisotopic (exact) mass is 344 g/mol. The Morgan fingerprint density at radius 3 is 2.95 bits per heavy atom. The normalized spacial score (nSPS) is 36.7. The second-order valence-electron chi connectivity index (χ2n) is 4.34. The summed E-state index contributed by atoms with van der Waals surface area (Å²) in [6.45, 7) is -11.2. The van der Waals surface area contributed by atoms with E-state index in [1.165, 1.54) is 36.4 Å². The maximum Gasteiger partial charge on any atom is 0.122 e. The second-order valence-corrected chi connectivity index (χ2v) is 5.66. The summed E-state index contributed by atoms with van der Waals surface area (Å²) in [5.41, 5.74) is 0.340. The van der Waals surface area contributed by atoms with Crippen LogP contribution in [0.25, 0.3) is 11.1 Å². The Morgan fingerprint density at radius 2 is 2.05 bits per heavy atom. The van der Waals surface area contributed by atoms with Gasteiger partial charge in [-0.3, -0.25) is 0 Å². The highest BCUT2D eigenvalue weighted by molar-refractivity contribution is 7.99. The Kier molecular flexibility index (Phi) is 2.06. The molecular formula is C18H22N2S2. The molecule has 2 aromatic carbocycles. The zero-order valence-electron chi connectivity index (χ0n) is 25.3. The van der Waals surface area contributed by atoms with E-state index in [1.54, 1.807) is 6.07 Å². The molecule has 0 bridgehead atoms. The van der Waals surface area contributed by atoms with Crippen LogP contribution in [0.3, 0.4) is 0 Å². The van der Waals surface area contributed by atoms with Crippen molar-refractivity contribution in [3.05, 3.63) is 42.5 Å². The molecule has 2 aromatic rings. The van der Waals surface area contributed by atoms with E-state index in [9.17, 15) is 0 Å². The van der Waals surface area contributed by atoms with Gasteiger partial charge in [-0.2, -0.15) is 0 Å². The number of benzene rings is 2. The molecule has 22 heavy (non-hydrogen) atoms. The molecule has 4 heteroatoms. The number of nitrogens with zero attached hydrogens (tertiary/aromatic N) is 1. The molecule has 0 saturated carbocycles. The topological polar surface area (TPSA) is 15.3 Å². The predicted octanol–water partition coefficient (Wildman–Crippen LogP) is 4.21. The van der Waals surface area contributed by atoms with E-state index < -0.39 is 38.4 Å². The van der Waals surface area contributed by atoms with Crippen molar-refractivity contribution in [2.45, 2.75) is 9.79 Å². The molecule has 3 rings (SSSR count). The van der Waals surface area contributed by atoms with E-state index in [0.717, 1.165) is 0 Å². The molecule has 0 spiro atoms. The van der Waals surface area contributed by atoms with Crippen LogP contribution >= 0.6 is 23.5 Å². The van der Waals surface area contributed by atoms with Crippen molar-refractivity contribution in [1.82, 2.24) is 5.31 Å². The molecule has 1 aliphatic heterocycles. The van der Waals surface area contributed by atoms with Crippen molar-refractivity contribution in [3.63, 3.8) is 0 Å². The fourth-order valence-electron chi connectivity index (χ4n) is 2.14. The second kappa shape index (κ2) is 7.44. The van der Waals surface area contributed by atoms with Crippen molar-refractivity contribution >= 4 is 29.2 Å². The van der Waals surface area contributed by atoms with E-state index in [2.05, 4.69) is 0 Å². The Bertz CT molecular complexity index is 1120. The largest absolute Gasteiger partial charge is 0.368 e. The number of hydrogen-bond acceptors (Lipinski definition) is 4. The Balaban J connectivity index is 2.25. The first-order valence-electron chi connectivity index (χ1n) is 13.3. The fraction of sp³-hybridized carbons (Fsp3) is 0.333. The number of anilines is 1. The quantitative estimate of drug-likeness (QED) is 0.836. The number of rotatable bonds is 4. The third-order valence-electron chi connectivity index (χ3n) is 3.11. The Hall–Kier alpha value is -1.10. The summed E-state index contributed by atoms with van der Waals surface area (Å²) in [7, 11) is 0. The molecule has 1 heterocycles. The predicted molar refractivity (Wildman–Crippen MR) is 101 cm³/mol. The van der Waals surface area contributed by atoms with Gasteiger partial charge >= 0.3 is 0 Å². The average Bonchev–Trinajstić information content (AvgIpc) is 2.70. The number of thioether (sulfide) groups is 2. The first kappa shape index (κ1) is 6.08. The highest BCUT2D eigenvalue weighted by Crippen LogP contribution is 2.38. The highest BCUT2D eigenvalue weighted by Gasteiger charge is 2.16. The van der Waals surface area contributed by atoms with Crippen LogP contribution in [-0.4, -0.2) is 38.4 Å². The smallest absolute Gasteiger partial charge is 0.122 e. The minimum atomic E-state index is -3.17. The fourth-order valence-corrected chi connectivity index (χ4v) is 3.01. The molecule has 0 aromatic heterocycles. The zero-order valence-corrected chi connectivity index (χ0v) is 13.0. The summed E-state index contributed by atoms with van der Waals surface area (Å²) in [4.78, 5) is 1.03. The molecule has 0 radical (unpaired) electrons. The molecule has 0 aliphatic carbocycles. The SMILES string of the molecule is [2H]C1N(c2ccccc2-c2ccc(SC([2H])([2H])[2H])cc2SC([2H])([2H])[2H])C([2H])([2H])C([2H])([2H])N([2H])C1([2H])[2H]. The van der Waals surface area contributed by atoms with E-state index in [4.69, 9.17) is 19.2 Å². The summed E-state index contributed by atoms with van der Waals surface area (Å²) in [5, 5.41) is -0.187. The van der Waals surface area contributed by atoms with Crippen molar-refractivity contribution in [2.24, 2.45) is 0 Å². The van der Waals surface area contributed by atoms with Crippen LogP contribution in [0.5, 0.6) is 0 Å². The summed E-state index contributed by atoms with van der Waals surface area (Å²) in [5.74, 6) is 0. The van der Waals surface area contributed by atoms with Crippen molar-refractivity contribution in [1.29, 1.82) is 0 Å². The number of para-hydroxylation sites is 1. The molecule has 116 valence electrons. The number of hydrogen-bond donors (Lipinski definition) is 1. The van der Waals surface area contributed by atoms with E-state index in [1.807, 2.05) is 0 Å². The lowest BCUT2D eigenvalue weighted by Gasteiger charge is -2.31.